The number of rotatable bonds is 6. The SMILES string of the molecule is CCn1c(-c2cccc(C)c2)nn(CN2CCN(S(=O)(=O)c3ccccc3F)CC2)c1=S. The predicted octanol–water partition coefficient (Wildman–Crippen LogP) is 3.51. The van der Waals surface area contributed by atoms with Crippen LogP contribution in [-0.2, 0) is 23.2 Å². The average Bonchev–Trinajstić information content (AvgIpc) is 3.09. The molecule has 170 valence electrons. The highest BCUT2D eigenvalue weighted by molar-refractivity contribution is 7.89. The van der Waals surface area contributed by atoms with Crippen LogP contribution in [0, 0.1) is 17.5 Å². The summed E-state index contributed by atoms with van der Waals surface area (Å²) in [6, 6.07) is 13.6. The fourth-order valence-electron chi connectivity index (χ4n) is 3.91. The van der Waals surface area contributed by atoms with Crippen LogP contribution in [-0.4, -0.2) is 58.1 Å². The Hall–Kier alpha value is -2.40. The second-order valence-corrected chi connectivity index (χ2v) is 10.1. The summed E-state index contributed by atoms with van der Waals surface area (Å²) in [7, 11) is -3.86. The van der Waals surface area contributed by atoms with Gasteiger partial charge in [-0.1, -0.05) is 35.9 Å². The van der Waals surface area contributed by atoms with Crippen molar-refractivity contribution in [2.24, 2.45) is 0 Å². The molecule has 3 aromatic rings. The van der Waals surface area contributed by atoms with Gasteiger partial charge in [0.1, 0.15) is 10.7 Å². The van der Waals surface area contributed by atoms with Crippen molar-refractivity contribution < 1.29 is 12.8 Å². The zero-order valence-corrected chi connectivity index (χ0v) is 19.7. The molecule has 2 aromatic carbocycles. The molecule has 0 N–H and O–H groups in total. The molecule has 0 bridgehead atoms. The molecule has 0 saturated carbocycles. The highest BCUT2D eigenvalue weighted by atomic mass is 32.2. The molecule has 0 atom stereocenters. The summed E-state index contributed by atoms with van der Waals surface area (Å²) >= 11 is 5.66. The third-order valence-electron chi connectivity index (χ3n) is 5.64. The molecule has 10 heteroatoms. The molecule has 0 unspecified atom stereocenters. The lowest BCUT2D eigenvalue weighted by molar-refractivity contribution is 0.144. The maximum Gasteiger partial charge on any atom is 0.246 e. The Balaban J connectivity index is 1.49. The summed E-state index contributed by atoms with van der Waals surface area (Å²) in [6.07, 6.45) is 0. The van der Waals surface area contributed by atoms with Crippen LogP contribution < -0.4 is 0 Å². The number of sulfonamides is 1. The van der Waals surface area contributed by atoms with Crippen molar-refractivity contribution in [3.8, 4) is 11.4 Å². The molecule has 0 aliphatic carbocycles. The maximum absolute atomic E-state index is 14.0. The summed E-state index contributed by atoms with van der Waals surface area (Å²) in [5.74, 6) is 0.0944. The van der Waals surface area contributed by atoms with Crippen LogP contribution in [0.4, 0.5) is 4.39 Å². The van der Waals surface area contributed by atoms with E-state index in [0.29, 0.717) is 31.1 Å². The van der Waals surface area contributed by atoms with Crippen LogP contribution in [0.25, 0.3) is 11.4 Å². The molecule has 1 aliphatic rings. The van der Waals surface area contributed by atoms with E-state index in [-0.39, 0.29) is 18.0 Å². The summed E-state index contributed by atoms with van der Waals surface area (Å²) in [5, 5.41) is 4.77. The largest absolute Gasteiger partial charge is 0.300 e. The lowest BCUT2D eigenvalue weighted by Gasteiger charge is -2.33. The Morgan fingerprint density at radius 1 is 1.06 bits per heavy atom. The molecule has 1 aromatic heterocycles. The van der Waals surface area contributed by atoms with Crippen molar-refractivity contribution in [2.75, 3.05) is 26.2 Å². The molecular formula is C22H26FN5O2S2. The van der Waals surface area contributed by atoms with Crippen LogP contribution in [0.5, 0.6) is 0 Å². The smallest absolute Gasteiger partial charge is 0.246 e. The zero-order chi connectivity index (χ0) is 22.9. The van der Waals surface area contributed by atoms with E-state index in [1.807, 2.05) is 36.6 Å². The fraction of sp³-hybridized carbons (Fsp3) is 0.364. The predicted molar refractivity (Wildman–Crippen MR) is 124 cm³/mol. The molecule has 4 rings (SSSR count). The van der Waals surface area contributed by atoms with Crippen LogP contribution in [0.1, 0.15) is 12.5 Å². The van der Waals surface area contributed by atoms with Crippen molar-refractivity contribution in [3.63, 3.8) is 0 Å². The molecule has 1 saturated heterocycles. The number of hydrogen-bond acceptors (Lipinski definition) is 5. The molecule has 1 fully saturated rings. The summed E-state index contributed by atoms with van der Waals surface area (Å²) in [5.41, 5.74) is 2.16. The van der Waals surface area contributed by atoms with Gasteiger partial charge in [0.05, 0.1) is 6.67 Å². The van der Waals surface area contributed by atoms with Gasteiger partial charge in [-0.15, -0.1) is 0 Å². The Labute approximate surface area is 192 Å². The average molecular weight is 476 g/mol. The third-order valence-corrected chi connectivity index (χ3v) is 8.00. The normalized spacial score (nSPS) is 15.8. The van der Waals surface area contributed by atoms with Gasteiger partial charge in [-0.25, -0.2) is 17.5 Å². The molecule has 2 heterocycles. The molecule has 1 aliphatic heterocycles. The van der Waals surface area contributed by atoms with Crippen LogP contribution >= 0.6 is 12.2 Å². The Morgan fingerprint density at radius 2 is 1.78 bits per heavy atom. The minimum absolute atomic E-state index is 0.278. The van der Waals surface area contributed by atoms with E-state index in [4.69, 9.17) is 17.3 Å². The number of hydrogen-bond donors (Lipinski definition) is 0. The quantitative estimate of drug-likeness (QED) is 0.511. The monoisotopic (exact) mass is 475 g/mol. The first-order valence-corrected chi connectivity index (χ1v) is 12.4. The molecule has 0 amide bonds. The molecule has 0 radical (unpaired) electrons. The highest BCUT2D eigenvalue weighted by Crippen LogP contribution is 2.22. The van der Waals surface area contributed by atoms with E-state index < -0.39 is 15.8 Å². The van der Waals surface area contributed by atoms with Crippen molar-refractivity contribution in [2.45, 2.75) is 32.0 Å². The first kappa shape index (κ1) is 22.8. The van der Waals surface area contributed by atoms with E-state index in [9.17, 15) is 12.8 Å². The highest BCUT2D eigenvalue weighted by Gasteiger charge is 2.30. The lowest BCUT2D eigenvalue weighted by atomic mass is 10.1. The van der Waals surface area contributed by atoms with Crippen molar-refractivity contribution >= 4 is 22.2 Å². The van der Waals surface area contributed by atoms with Gasteiger partial charge in [0.15, 0.2) is 10.6 Å². The Morgan fingerprint density at radius 3 is 2.44 bits per heavy atom. The maximum atomic E-state index is 14.0. The first-order chi connectivity index (χ1) is 15.3. The molecular weight excluding hydrogens is 449 g/mol. The first-order valence-electron chi connectivity index (χ1n) is 10.5. The zero-order valence-electron chi connectivity index (χ0n) is 18.1. The van der Waals surface area contributed by atoms with Crippen molar-refractivity contribution in [3.05, 3.63) is 64.7 Å². The lowest BCUT2D eigenvalue weighted by Crippen LogP contribution is -2.49. The van der Waals surface area contributed by atoms with E-state index >= 15 is 0 Å². The number of benzene rings is 2. The van der Waals surface area contributed by atoms with Gasteiger partial charge in [-0.3, -0.25) is 4.90 Å². The van der Waals surface area contributed by atoms with E-state index in [1.165, 1.54) is 28.6 Å². The molecule has 32 heavy (non-hydrogen) atoms. The number of aromatic nitrogens is 3. The van der Waals surface area contributed by atoms with Gasteiger partial charge in [0.2, 0.25) is 10.0 Å². The van der Waals surface area contributed by atoms with E-state index in [2.05, 4.69) is 11.0 Å². The fourth-order valence-corrected chi connectivity index (χ4v) is 5.71. The van der Waals surface area contributed by atoms with Crippen molar-refractivity contribution in [1.29, 1.82) is 0 Å². The topological polar surface area (TPSA) is 63.4 Å². The Bertz CT molecular complexity index is 1280. The van der Waals surface area contributed by atoms with Gasteiger partial charge in [-0.05, 0) is 44.3 Å². The van der Waals surface area contributed by atoms with Gasteiger partial charge in [0, 0.05) is 38.3 Å². The van der Waals surface area contributed by atoms with Crippen LogP contribution in [0.2, 0.25) is 0 Å². The second kappa shape index (κ2) is 9.22. The van der Waals surface area contributed by atoms with Gasteiger partial charge in [-0.2, -0.15) is 9.40 Å². The van der Waals surface area contributed by atoms with E-state index in [0.717, 1.165) is 17.0 Å². The summed E-state index contributed by atoms with van der Waals surface area (Å²) in [4.78, 5) is 1.83. The number of piperazine rings is 1. The number of halogens is 1. The molecule has 7 nitrogen and oxygen atoms in total. The van der Waals surface area contributed by atoms with Crippen molar-refractivity contribution in [1.82, 2.24) is 23.6 Å². The van der Waals surface area contributed by atoms with Crippen LogP contribution in [0.15, 0.2) is 53.4 Å². The summed E-state index contributed by atoms with van der Waals surface area (Å²) in [6.45, 7) is 6.83. The minimum atomic E-state index is -3.86. The molecule has 0 spiro atoms. The van der Waals surface area contributed by atoms with Gasteiger partial charge < -0.3 is 4.57 Å². The number of nitrogens with zero attached hydrogens (tertiary/aromatic N) is 5. The minimum Gasteiger partial charge on any atom is -0.300 e. The van der Waals surface area contributed by atoms with E-state index in [1.54, 1.807) is 4.68 Å². The third kappa shape index (κ3) is 4.40. The van der Waals surface area contributed by atoms with Gasteiger partial charge >= 0.3 is 0 Å². The Kier molecular flexibility index (Phi) is 6.57. The second-order valence-electron chi connectivity index (χ2n) is 7.81. The summed E-state index contributed by atoms with van der Waals surface area (Å²) < 4.78 is 45.5. The standard InChI is InChI=1S/C22H26FN5O2S2/c1-3-27-21(18-8-6-7-17(2)15-18)24-28(22(27)31)16-25-11-13-26(14-12-25)32(29,30)20-10-5-4-9-19(20)23/h4-10,15H,3,11-14,16H2,1-2H3. The van der Waals surface area contributed by atoms with Crippen LogP contribution in [0.3, 0.4) is 0 Å². The van der Waals surface area contributed by atoms with Gasteiger partial charge in [0.25, 0.3) is 0 Å². The number of aryl methyl sites for hydroxylation is 1.